The summed E-state index contributed by atoms with van der Waals surface area (Å²) >= 11 is 0. The van der Waals surface area contributed by atoms with E-state index in [0.717, 1.165) is 29.7 Å². The van der Waals surface area contributed by atoms with E-state index in [1.54, 1.807) is 18.2 Å². The molecule has 152 valence electrons. The predicted molar refractivity (Wildman–Crippen MR) is 115 cm³/mol. The summed E-state index contributed by atoms with van der Waals surface area (Å²) in [6.45, 7) is 1.38. The molecule has 5 rings (SSSR count). The van der Waals surface area contributed by atoms with E-state index in [1.807, 2.05) is 30.3 Å². The normalized spacial score (nSPS) is 16.5. The zero-order valence-corrected chi connectivity index (χ0v) is 16.7. The molecule has 1 aliphatic rings. The van der Waals surface area contributed by atoms with Crippen molar-refractivity contribution < 1.29 is 14.2 Å². The van der Waals surface area contributed by atoms with E-state index in [-0.39, 0.29) is 17.6 Å². The lowest BCUT2D eigenvalue weighted by atomic mass is 9.91. The van der Waals surface area contributed by atoms with Crippen molar-refractivity contribution in [1.29, 1.82) is 0 Å². The van der Waals surface area contributed by atoms with E-state index in [4.69, 9.17) is 4.74 Å². The molecule has 0 saturated heterocycles. The summed E-state index contributed by atoms with van der Waals surface area (Å²) in [7, 11) is 1.53. The fourth-order valence-electron chi connectivity index (χ4n) is 4.58. The van der Waals surface area contributed by atoms with Crippen LogP contribution < -0.4 is 4.74 Å². The van der Waals surface area contributed by atoms with Gasteiger partial charge >= 0.3 is 0 Å². The number of aromatic hydroxyl groups is 1. The summed E-state index contributed by atoms with van der Waals surface area (Å²) in [5, 5.41) is 11.4. The molecule has 0 amide bonds. The maximum atomic E-state index is 14.9. The number of rotatable bonds is 4. The number of fused-ring (bicyclic) bond motifs is 3. The van der Waals surface area contributed by atoms with Crippen molar-refractivity contribution in [3.05, 3.63) is 94.9 Å². The third-order valence-electron chi connectivity index (χ3n) is 5.96. The van der Waals surface area contributed by atoms with Crippen molar-refractivity contribution in [2.45, 2.75) is 19.0 Å². The van der Waals surface area contributed by atoms with Crippen molar-refractivity contribution in [2.75, 3.05) is 13.7 Å². The molecule has 5 heteroatoms. The molecule has 4 aromatic rings. The Hall–Kier alpha value is -3.31. The lowest BCUT2D eigenvalue weighted by Gasteiger charge is -2.36. The maximum absolute atomic E-state index is 14.9. The number of nitrogens with one attached hydrogen (secondary N) is 1. The SMILES string of the molecule is COc1ccc(CN2CCc3c([nH]c4ccccc34)C2c2ccccc2F)cc1O. The number of aromatic nitrogens is 1. The van der Waals surface area contributed by atoms with Gasteiger partial charge in [-0.25, -0.2) is 4.39 Å². The Morgan fingerprint density at radius 1 is 1.10 bits per heavy atom. The molecule has 1 unspecified atom stereocenters. The molecule has 0 bridgehead atoms. The first kappa shape index (κ1) is 18.7. The smallest absolute Gasteiger partial charge is 0.160 e. The second-order valence-corrected chi connectivity index (χ2v) is 7.71. The minimum absolute atomic E-state index is 0.112. The van der Waals surface area contributed by atoms with Gasteiger partial charge in [-0.1, -0.05) is 42.5 Å². The molecule has 1 aromatic heterocycles. The zero-order chi connectivity index (χ0) is 20.7. The number of para-hydroxylation sites is 1. The van der Waals surface area contributed by atoms with Crippen molar-refractivity contribution in [3.63, 3.8) is 0 Å². The molecule has 0 saturated carbocycles. The lowest BCUT2D eigenvalue weighted by Crippen LogP contribution is -2.36. The van der Waals surface area contributed by atoms with E-state index in [1.165, 1.54) is 24.1 Å². The Morgan fingerprint density at radius 3 is 2.70 bits per heavy atom. The minimum atomic E-state index is -0.230. The summed E-state index contributed by atoms with van der Waals surface area (Å²) in [5.74, 6) is 0.346. The Labute approximate surface area is 174 Å². The van der Waals surface area contributed by atoms with Crippen LogP contribution in [0.3, 0.4) is 0 Å². The average molecular weight is 402 g/mol. The fourth-order valence-corrected chi connectivity index (χ4v) is 4.58. The molecule has 2 N–H and O–H groups in total. The number of phenolic OH excluding ortho intramolecular Hbond substituents is 1. The van der Waals surface area contributed by atoms with Gasteiger partial charge in [0.1, 0.15) is 5.82 Å². The fraction of sp³-hybridized carbons (Fsp3) is 0.200. The number of aromatic amines is 1. The van der Waals surface area contributed by atoms with E-state index >= 15 is 0 Å². The van der Waals surface area contributed by atoms with Crippen LogP contribution in [0.4, 0.5) is 4.39 Å². The highest BCUT2D eigenvalue weighted by Crippen LogP contribution is 2.40. The van der Waals surface area contributed by atoms with Gasteiger partial charge in [-0.15, -0.1) is 0 Å². The summed E-state index contributed by atoms with van der Waals surface area (Å²) in [5.41, 5.74) is 4.99. The van der Waals surface area contributed by atoms with Crippen molar-refractivity contribution in [2.24, 2.45) is 0 Å². The van der Waals surface area contributed by atoms with Crippen LogP contribution in [-0.2, 0) is 13.0 Å². The van der Waals surface area contributed by atoms with Crippen LogP contribution in [0.1, 0.15) is 28.4 Å². The summed E-state index contributed by atoms with van der Waals surface area (Å²) in [6, 6.07) is 20.4. The number of ether oxygens (including phenoxy) is 1. The van der Waals surface area contributed by atoms with Gasteiger partial charge in [-0.3, -0.25) is 4.90 Å². The molecule has 2 heterocycles. The second-order valence-electron chi connectivity index (χ2n) is 7.71. The quantitative estimate of drug-likeness (QED) is 0.495. The van der Waals surface area contributed by atoms with Crippen LogP contribution in [0.2, 0.25) is 0 Å². The molecule has 30 heavy (non-hydrogen) atoms. The number of hydrogen-bond acceptors (Lipinski definition) is 3. The predicted octanol–water partition coefficient (Wildman–Crippen LogP) is 5.17. The van der Waals surface area contributed by atoms with Crippen molar-refractivity contribution >= 4 is 10.9 Å². The Bertz CT molecular complexity index is 1220. The van der Waals surface area contributed by atoms with E-state index < -0.39 is 0 Å². The average Bonchev–Trinajstić information content (AvgIpc) is 3.13. The van der Waals surface area contributed by atoms with Crippen LogP contribution >= 0.6 is 0 Å². The van der Waals surface area contributed by atoms with E-state index in [2.05, 4.69) is 22.0 Å². The first-order chi connectivity index (χ1) is 14.7. The summed E-state index contributed by atoms with van der Waals surface area (Å²) in [6.07, 6.45) is 0.881. The van der Waals surface area contributed by atoms with Gasteiger partial charge in [-0.05, 0) is 41.8 Å². The zero-order valence-electron chi connectivity index (χ0n) is 16.7. The minimum Gasteiger partial charge on any atom is -0.504 e. The summed E-state index contributed by atoms with van der Waals surface area (Å²) < 4.78 is 20.1. The van der Waals surface area contributed by atoms with E-state index in [0.29, 0.717) is 17.9 Å². The van der Waals surface area contributed by atoms with Crippen molar-refractivity contribution in [1.82, 2.24) is 9.88 Å². The number of benzene rings is 3. The highest BCUT2D eigenvalue weighted by Gasteiger charge is 2.33. The lowest BCUT2D eigenvalue weighted by molar-refractivity contribution is 0.198. The van der Waals surface area contributed by atoms with Gasteiger partial charge < -0.3 is 14.8 Å². The highest BCUT2D eigenvalue weighted by molar-refractivity contribution is 5.85. The number of methoxy groups -OCH3 is 1. The molecule has 1 atom stereocenters. The van der Waals surface area contributed by atoms with Gasteiger partial charge in [0.05, 0.1) is 13.2 Å². The number of nitrogens with zero attached hydrogens (tertiary/aromatic N) is 1. The van der Waals surface area contributed by atoms with Gasteiger partial charge in [-0.2, -0.15) is 0 Å². The highest BCUT2D eigenvalue weighted by atomic mass is 19.1. The molecule has 0 aliphatic carbocycles. The summed E-state index contributed by atoms with van der Waals surface area (Å²) in [4.78, 5) is 5.82. The molecular formula is C25H23FN2O2. The molecule has 3 aromatic carbocycles. The Balaban J connectivity index is 1.60. The third-order valence-corrected chi connectivity index (χ3v) is 5.96. The Kier molecular flexibility index (Phi) is 4.68. The van der Waals surface area contributed by atoms with Crippen LogP contribution in [0.5, 0.6) is 11.5 Å². The van der Waals surface area contributed by atoms with E-state index in [9.17, 15) is 9.50 Å². The number of H-pyrrole nitrogens is 1. The molecule has 1 aliphatic heterocycles. The third kappa shape index (κ3) is 3.12. The molecular weight excluding hydrogens is 379 g/mol. The molecule has 0 spiro atoms. The van der Waals surface area contributed by atoms with Crippen LogP contribution in [0.15, 0.2) is 66.7 Å². The largest absolute Gasteiger partial charge is 0.504 e. The number of hydrogen-bond donors (Lipinski definition) is 2. The topological polar surface area (TPSA) is 48.5 Å². The first-order valence-electron chi connectivity index (χ1n) is 10.1. The van der Waals surface area contributed by atoms with Crippen LogP contribution in [0, 0.1) is 5.82 Å². The standard InChI is InChI=1S/C25H23FN2O2/c1-30-23-11-10-16(14-22(23)29)15-28-13-12-18-17-6-3-5-9-21(17)27-24(18)25(28)19-7-2-4-8-20(19)26/h2-11,14,25,27,29H,12-13,15H2,1H3. The number of halogens is 1. The van der Waals surface area contributed by atoms with Crippen LogP contribution in [0.25, 0.3) is 10.9 Å². The maximum Gasteiger partial charge on any atom is 0.160 e. The van der Waals surface area contributed by atoms with Gasteiger partial charge in [0.2, 0.25) is 0 Å². The molecule has 0 fully saturated rings. The van der Waals surface area contributed by atoms with Gasteiger partial charge in [0, 0.05) is 35.2 Å². The molecule has 4 nitrogen and oxygen atoms in total. The van der Waals surface area contributed by atoms with Crippen molar-refractivity contribution in [3.8, 4) is 11.5 Å². The first-order valence-corrected chi connectivity index (χ1v) is 10.1. The van der Waals surface area contributed by atoms with Crippen LogP contribution in [-0.4, -0.2) is 28.6 Å². The molecule has 0 radical (unpaired) electrons. The van der Waals surface area contributed by atoms with Gasteiger partial charge in [0.15, 0.2) is 11.5 Å². The number of phenols is 1. The monoisotopic (exact) mass is 402 g/mol. The Morgan fingerprint density at radius 2 is 1.90 bits per heavy atom. The van der Waals surface area contributed by atoms with Gasteiger partial charge in [0.25, 0.3) is 0 Å². The second kappa shape index (κ2) is 7.50.